The molecule has 3 N–H and O–H groups in total. The first kappa shape index (κ1) is 17.2. The minimum Gasteiger partial charge on any atom is -0.355 e. The van der Waals surface area contributed by atoms with Crippen LogP contribution in [0.1, 0.15) is 35.7 Å². The van der Waals surface area contributed by atoms with E-state index >= 15 is 0 Å². The van der Waals surface area contributed by atoms with Crippen LogP contribution < -0.4 is 11.1 Å². The van der Waals surface area contributed by atoms with Gasteiger partial charge in [-0.1, -0.05) is 19.1 Å². The van der Waals surface area contributed by atoms with Crippen LogP contribution in [0.5, 0.6) is 0 Å². The van der Waals surface area contributed by atoms with E-state index in [1.54, 1.807) is 31.1 Å². The van der Waals surface area contributed by atoms with E-state index in [4.69, 9.17) is 5.73 Å². The Labute approximate surface area is 126 Å². The smallest absolute Gasteiger partial charge is 0.251 e. The van der Waals surface area contributed by atoms with Gasteiger partial charge in [-0.2, -0.15) is 0 Å². The summed E-state index contributed by atoms with van der Waals surface area (Å²) in [5, 5.41) is 2.58. The molecule has 0 saturated carbocycles. The summed E-state index contributed by atoms with van der Waals surface area (Å²) in [5.74, 6) is 0.00362. The Morgan fingerprint density at radius 1 is 1.29 bits per heavy atom. The number of nitrogens with zero attached hydrogens (tertiary/aromatic N) is 1. The van der Waals surface area contributed by atoms with Crippen LogP contribution >= 0.6 is 0 Å². The van der Waals surface area contributed by atoms with Crippen molar-refractivity contribution in [1.82, 2.24) is 10.2 Å². The monoisotopic (exact) mass is 291 g/mol. The SMILES string of the molecule is CNC(=O)c1ccc(CN(C)C(=O)C(C)CCCN)cc1. The third-order valence-corrected chi connectivity index (χ3v) is 3.50. The fourth-order valence-corrected chi connectivity index (χ4v) is 2.18. The Morgan fingerprint density at radius 2 is 1.90 bits per heavy atom. The van der Waals surface area contributed by atoms with Gasteiger partial charge in [-0.3, -0.25) is 9.59 Å². The summed E-state index contributed by atoms with van der Waals surface area (Å²) in [5.41, 5.74) is 7.09. The molecule has 5 nitrogen and oxygen atoms in total. The molecule has 0 aliphatic heterocycles. The van der Waals surface area contributed by atoms with Crippen molar-refractivity contribution >= 4 is 11.8 Å². The van der Waals surface area contributed by atoms with E-state index in [0.717, 1.165) is 18.4 Å². The number of carbonyl (C=O) groups is 2. The molecule has 0 heterocycles. The van der Waals surface area contributed by atoms with Crippen molar-refractivity contribution in [2.75, 3.05) is 20.6 Å². The third-order valence-electron chi connectivity index (χ3n) is 3.50. The number of amides is 2. The van der Waals surface area contributed by atoms with E-state index in [2.05, 4.69) is 5.32 Å². The van der Waals surface area contributed by atoms with Crippen molar-refractivity contribution < 1.29 is 9.59 Å². The van der Waals surface area contributed by atoms with Crippen molar-refractivity contribution in [3.8, 4) is 0 Å². The molecule has 5 heteroatoms. The average molecular weight is 291 g/mol. The number of hydrogen-bond donors (Lipinski definition) is 2. The quantitative estimate of drug-likeness (QED) is 0.797. The minimum atomic E-state index is -0.110. The zero-order valence-corrected chi connectivity index (χ0v) is 13.1. The largest absolute Gasteiger partial charge is 0.355 e. The van der Waals surface area contributed by atoms with Crippen LogP contribution in [0.2, 0.25) is 0 Å². The molecule has 0 aliphatic carbocycles. The maximum atomic E-state index is 12.2. The number of benzene rings is 1. The lowest BCUT2D eigenvalue weighted by Crippen LogP contribution is -2.31. The molecule has 21 heavy (non-hydrogen) atoms. The fourth-order valence-electron chi connectivity index (χ4n) is 2.18. The second-order valence-corrected chi connectivity index (χ2v) is 5.30. The van der Waals surface area contributed by atoms with Gasteiger partial charge in [-0.05, 0) is 37.1 Å². The van der Waals surface area contributed by atoms with Gasteiger partial charge >= 0.3 is 0 Å². The second-order valence-electron chi connectivity index (χ2n) is 5.30. The molecule has 0 aliphatic rings. The van der Waals surface area contributed by atoms with Crippen molar-refractivity contribution in [1.29, 1.82) is 0 Å². The Kier molecular flexibility index (Phi) is 6.88. The van der Waals surface area contributed by atoms with Gasteiger partial charge in [0, 0.05) is 32.1 Å². The molecule has 0 bridgehead atoms. The fraction of sp³-hybridized carbons (Fsp3) is 0.500. The summed E-state index contributed by atoms with van der Waals surface area (Å²) in [6.07, 6.45) is 1.68. The summed E-state index contributed by atoms with van der Waals surface area (Å²) in [6.45, 7) is 3.09. The molecule has 2 amide bonds. The number of rotatable bonds is 7. The molecule has 1 aromatic rings. The zero-order valence-electron chi connectivity index (χ0n) is 13.1. The number of hydrogen-bond acceptors (Lipinski definition) is 3. The van der Waals surface area contributed by atoms with Crippen molar-refractivity contribution in [3.05, 3.63) is 35.4 Å². The molecule has 0 fully saturated rings. The van der Waals surface area contributed by atoms with E-state index in [-0.39, 0.29) is 17.7 Å². The Hall–Kier alpha value is -1.88. The van der Waals surface area contributed by atoms with Gasteiger partial charge in [0.15, 0.2) is 0 Å². The summed E-state index contributed by atoms with van der Waals surface area (Å²) in [6, 6.07) is 7.28. The standard InChI is InChI=1S/C16H25N3O2/c1-12(5-4-10-17)16(21)19(3)11-13-6-8-14(9-7-13)15(20)18-2/h6-9,12H,4-5,10-11,17H2,1-3H3,(H,18,20). The topological polar surface area (TPSA) is 75.4 Å². The first-order valence-corrected chi connectivity index (χ1v) is 7.25. The predicted molar refractivity (Wildman–Crippen MR) is 83.8 cm³/mol. The van der Waals surface area contributed by atoms with Crippen LogP contribution in [-0.4, -0.2) is 37.4 Å². The summed E-state index contributed by atoms with van der Waals surface area (Å²) in [4.78, 5) is 25.4. The first-order valence-electron chi connectivity index (χ1n) is 7.25. The lowest BCUT2D eigenvalue weighted by atomic mass is 10.0. The molecule has 1 unspecified atom stereocenters. The Bertz CT molecular complexity index is 471. The Morgan fingerprint density at radius 3 is 2.43 bits per heavy atom. The molecule has 1 aromatic carbocycles. The average Bonchev–Trinajstić information content (AvgIpc) is 2.51. The van der Waals surface area contributed by atoms with Crippen LogP contribution in [0.15, 0.2) is 24.3 Å². The summed E-state index contributed by atoms with van der Waals surface area (Å²) < 4.78 is 0. The normalized spacial score (nSPS) is 11.8. The minimum absolute atomic E-state index is 0.0105. The highest BCUT2D eigenvalue weighted by molar-refractivity contribution is 5.93. The highest BCUT2D eigenvalue weighted by Crippen LogP contribution is 2.12. The van der Waals surface area contributed by atoms with Crippen LogP contribution in [0, 0.1) is 5.92 Å². The van der Waals surface area contributed by atoms with Crippen molar-refractivity contribution in [2.45, 2.75) is 26.3 Å². The molecule has 0 radical (unpaired) electrons. The van der Waals surface area contributed by atoms with Crippen molar-refractivity contribution in [3.63, 3.8) is 0 Å². The lowest BCUT2D eigenvalue weighted by molar-refractivity contribution is -0.134. The van der Waals surface area contributed by atoms with Gasteiger partial charge in [-0.15, -0.1) is 0 Å². The molecular weight excluding hydrogens is 266 g/mol. The highest BCUT2D eigenvalue weighted by Gasteiger charge is 2.17. The van der Waals surface area contributed by atoms with E-state index in [0.29, 0.717) is 18.7 Å². The van der Waals surface area contributed by atoms with Gasteiger partial charge in [0.05, 0.1) is 0 Å². The number of nitrogens with one attached hydrogen (secondary N) is 1. The molecular formula is C16H25N3O2. The van der Waals surface area contributed by atoms with E-state index < -0.39 is 0 Å². The van der Waals surface area contributed by atoms with Gasteiger partial charge in [0.1, 0.15) is 0 Å². The van der Waals surface area contributed by atoms with E-state index in [1.165, 1.54) is 0 Å². The molecule has 1 rings (SSSR count). The highest BCUT2D eigenvalue weighted by atomic mass is 16.2. The summed E-state index contributed by atoms with van der Waals surface area (Å²) >= 11 is 0. The maximum Gasteiger partial charge on any atom is 0.251 e. The number of nitrogens with two attached hydrogens (primary N) is 1. The first-order chi connectivity index (χ1) is 9.99. The molecule has 116 valence electrons. The molecule has 0 aromatic heterocycles. The van der Waals surface area contributed by atoms with Crippen LogP contribution in [-0.2, 0) is 11.3 Å². The predicted octanol–water partition coefficient (Wildman–Crippen LogP) is 1.38. The van der Waals surface area contributed by atoms with Crippen LogP contribution in [0.4, 0.5) is 0 Å². The lowest BCUT2D eigenvalue weighted by Gasteiger charge is -2.21. The van der Waals surface area contributed by atoms with Gasteiger partial charge in [0.2, 0.25) is 5.91 Å². The molecule has 1 atom stereocenters. The summed E-state index contributed by atoms with van der Waals surface area (Å²) in [7, 11) is 3.40. The van der Waals surface area contributed by atoms with Crippen LogP contribution in [0.3, 0.4) is 0 Å². The Balaban J connectivity index is 2.59. The molecule has 0 saturated heterocycles. The van der Waals surface area contributed by atoms with Gasteiger partial charge < -0.3 is 16.0 Å². The molecule has 0 spiro atoms. The van der Waals surface area contributed by atoms with Gasteiger partial charge in [0.25, 0.3) is 5.91 Å². The zero-order chi connectivity index (χ0) is 15.8. The van der Waals surface area contributed by atoms with Gasteiger partial charge in [-0.25, -0.2) is 0 Å². The maximum absolute atomic E-state index is 12.2. The van der Waals surface area contributed by atoms with E-state index in [9.17, 15) is 9.59 Å². The van der Waals surface area contributed by atoms with E-state index in [1.807, 2.05) is 19.1 Å². The third kappa shape index (κ3) is 5.19. The second kappa shape index (κ2) is 8.42. The van der Waals surface area contributed by atoms with Crippen molar-refractivity contribution in [2.24, 2.45) is 11.7 Å². The van der Waals surface area contributed by atoms with Crippen LogP contribution in [0.25, 0.3) is 0 Å². The number of carbonyl (C=O) groups excluding carboxylic acids is 2.